The van der Waals surface area contributed by atoms with E-state index in [0.29, 0.717) is 6.04 Å². The Labute approximate surface area is 116 Å². The van der Waals surface area contributed by atoms with Crippen molar-refractivity contribution in [3.8, 4) is 0 Å². The van der Waals surface area contributed by atoms with Crippen LogP contribution in [0.15, 0.2) is 0 Å². The minimum absolute atomic E-state index is 0.0248. The van der Waals surface area contributed by atoms with Gasteiger partial charge in [-0.05, 0) is 27.4 Å². The maximum absolute atomic E-state index is 12.3. The average Bonchev–Trinajstić information content (AvgIpc) is 2.62. The van der Waals surface area contributed by atoms with E-state index in [9.17, 15) is 4.79 Å². The van der Waals surface area contributed by atoms with Crippen molar-refractivity contribution in [2.75, 3.05) is 40.3 Å². The maximum Gasteiger partial charge on any atom is 0.240 e. The van der Waals surface area contributed by atoms with Crippen molar-refractivity contribution < 1.29 is 4.79 Å². The number of rotatable bonds is 4. The van der Waals surface area contributed by atoms with Gasteiger partial charge in [0.2, 0.25) is 5.91 Å². The van der Waals surface area contributed by atoms with Crippen LogP contribution in [0.2, 0.25) is 0 Å². The lowest BCUT2D eigenvalue weighted by atomic mass is 10.1. The highest BCUT2D eigenvalue weighted by molar-refractivity contribution is 5.83. The lowest BCUT2D eigenvalue weighted by Gasteiger charge is -2.40. The van der Waals surface area contributed by atoms with E-state index in [4.69, 9.17) is 0 Å². The highest BCUT2D eigenvalue weighted by Gasteiger charge is 2.37. The van der Waals surface area contributed by atoms with Gasteiger partial charge in [0.1, 0.15) is 0 Å². The standard InChI is InChI=1S/C14H28N4O/c1-5-6-13-15-11(2)14(19)18(13)10-12-9-16(3)7-8-17(12)4/h11-13,15H,5-10H2,1-4H3. The topological polar surface area (TPSA) is 38.8 Å². The van der Waals surface area contributed by atoms with Gasteiger partial charge < -0.3 is 9.80 Å². The second kappa shape index (κ2) is 6.20. The van der Waals surface area contributed by atoms with Crippen molar-refractivity contribution in [3.63, 3.8) is 0 Å². The number of carbonyl (C=O) groups is 1. The van der Waals surface area contributed by atoms with Crippen molar-refractivity contribution in [2.24, 2.45) is 0 Å². The lowest BCUT2D eigenvalue weighted by Crippen LogP contribution is -2.56. The molecule has 2 aliphatic rings. The summed E-state index contributed by atoms with van der Waals surface area (Å²) in [7, 11) is 4.33. The molecule has 0 spiro atoms. The normalized spacial score (nSPS) is 34.2. The number of likely N-dealkylation sites (N-methyl/N-ethyl adjacent to an activating group) is 2. The molecule has 0 radical (unpaired) electrons. The second-order valence-corrected chi connectivity index (χ2v) is 6.08. The van der Waals surface area contributed by atoms with Crippen LogP contribution in [0.4, 0.5) is 0 Å². The van der Waals surface area contributed by atoms with Gasteiger partial charge in [0.15, 0.2) is 0 Å². The van der Waals surface area contributed by atoms with Crippen LogP contribution in [0, 0.1) is 0 Å². The third kappa shape index (κ3) is 3.27. The minimum atomic E-state index is -0.0248. The second-order valence-electron chi connectivity index (χ2n) is 6.08. The molecule has 0 aromatic heterocycles. The van der Waals surface area contributed by atoms with E-state index in [1.807, 2.05) is 6.92 Å². The van der Waals surface area contributed by atoms with Gasteiger partial charge in [-0.25, -0.2) is 0 Å². The van der Waals surface area contributed by atoms with E-state index in [2.05, 4.69) is 41.0 Å². The summed E-state index contributed by atoms with van der Waals surface area (Å²) in [6, 6.07) is 0.428. The summed E-state index contributed by atoms with van der Waals surface area (Å²) in [5.74, 6) is 0.264. The molecule has 2 fully saturated rings. The maximum atomic E-state index is 12.3. The summed E-state index contributed by atoms with van der Waals surface area (Å²) >= 11 is 0. The molecule has 3 atom stereocenters. The van der Waals surface area contributed by atoms with Gasteiger partial charge in [-0.2, -0.15) is 0 Å². The third-order valence-electron chi connectivity index (χ3n) is 4.42. The Morgan fingerprint density at radius 1 is 1.32 bits per heavy atom. The molecular weight excluding hydrogens is 240 g/mol. The molecule has 0 aromatic carbocycles. The predicted molar refractivity (Wildman–Crippen MR) is 76.9 cm³/mol. The number of hydrogen-bond donors (Lipinski definition) is 1. The molecule has 5 heteroatoms. The first kappa shape index (κ1) is 14.8. The molecule has 0 aromatic rings. The zero-order valence-corrected chi connectivity index (χ0v) is 12.7. The molecule has 0 aliphatic carbocycles. The summed E-state index contributed by atoms with van der Waals surface area (Å²) in [6.07, 6.45) is 2.38. The largest absolute Gasteiger partial charge is 0.324 e. The van der Waals surface area contributed by atoms with Crippen molar-refractivity contribution >= 4 is 5.91 Å². The van der Waals surface area contributed by atoms with Crippen molar-refractivity contribution in [2.45, 2.75) is 44.9 Å². The molecule has 2 saturated heterocycles. The Morgan fingerprint density at radius 3 is 2.74 bits per heavy atom. The van der Waals surface area contributed by atoms with Crippen LogP contribution >= 0.6 is 0 Å². The zero-order chi connectivity index (χ0) is 14.0. The summed E-state index contributed by atoms with van der Waals surface area (Å²) in [4.78, 5) is 19.1. The Morgan fingerprint density at radius 2 is 2.05 bits per heavy atom. The number of piperazine rings is 1. The Balaban J connectivity index is 2.00. The Hall–Kier alpha value is -0.650. The SMILES string of the molecule is CCCC1NC(C)C(=O)N1CC1CN(C)CCN1C. The van der Waals surface area contributed by atoms with Crippen molar-refractivity contribution in [3.05, 3.63) is 0 Å². The number of carbonyl (C=O) groups excluding carboxylic acids is 1. The molecule has 2 rings (SSSR count). The molecule has 5 nitrogen and oxygen atoms in total. The van der Waals surface area contributed by atoms with Crippen LogP contribution in [0.1, 0.15) is 26.7 Å². The fourth-order valence-electron chi connectivity index (χ4n) is 3.11. The molecule has 1 amide bonds. The Kier molecular flexibility index (Phi) is 4.81. The van der Waals surface area contributed by atoms with Gasteiger partial charge >= 0.3 is 0 Å². The first-order chi connectivity index (χ1) is 9.02. The summed E-state index contributed by atoms with van der Waals surface area (Å²) in [6.45, 7) is 8.25. The van der Waals surface area contributed by atoms with Gasteiger partial charge in [0.25, 0.3) is 0 Å². The quantitative estimate of drug-likeness (QED) is 0.789. The van der Waals surface area contributed by atoms with Gasteiger partial charge in [-0.3, -0.25) is 15.0 Å². The first-order valence-electron chi connectivity index (χ1n) is 7.48. The van der Waals surface area contributed by atoms with Crippen LogP contribution in [0.3, 0.4) is 0 Å². The van der Waals surface area contributed by atoms with Crippen LogP contribution < -0.4 is 5.32 Å². The van der Waals surface area contributed by atoms with Gasteiger partial charge in [-0.1, -0.05) is 13.3 Å². The summed E-state index contributed by atoms with van der Waals surface area (Å²) < 4.78 is 0. The van der Waals surface area contributed by atoms with E-state index in [0.717, 1.165) is 39.0 Å². The van der Waals surface area contributed by atoms with E-state index in [1.165, 1.54) is 0 Å². The van der Waals surface area contributed by atoms with E-state index >= 15 is 0 Å². The van der Waals surface area contributed by atoms with E-state index in [-0.39, 0.29) is 18.1 Å². The molecule has 0 saturated carbocycles. The van der Waals surface area contributed by atoms with Crippen LogP contribution in [0.25, 0.3) is 0 Å². The zero-order valence-electron chi connectivity index (χ0n) is 12.7. The summed E-state index contributed by atoms with van der Waals surface area (Å²) in [5.41, 5.74) is 0. The van der Waals surface area contributed by atoms with Crippen LogP contribution in [0.5, 0.6) is 0 Å². The lowest BCUT2D eigenvalue weighted by molar-refractivity contribution is -0.130. The fraction of sp³-hybridized carbons (Fsp3) is 0.929. The molecule has 3 unspecified atom stereocenters. The third-order valence-corrected chi connectivity index (χ3v) is 4.42. The van der Waals surface area contributed by atoms with Gasteiger partial charge in [-0.15, -0.1) is 0 Å². The van der Waals surface area contributed by atoms with E-state index in [1.54, 1.807) is 0 Å². The molecule has 19 heavy (non-hydrogen) atoms. The molecule has 2 heterocycles. The fourth-order valence-corrected chi connectivity index (χ4v) is 3.11. The minimum Gasteiger partial charge on any atom is -0.324 e. The summed E-state index contributed by atoms with van der Waals surface area (Å²) in [5, 5.41) is 3.41. The molecule has 0 bridgehead atoms. The molecule has 1 N–H and O–H groups in total. The Bertz CT molecular complexity index is 323. The highest BCUT2D eigenvalue weighted by atomic mass is 16.2. The highest BCUT2D eigenvalue weighted by Crippen LogP contribution is 2.18. The smallest absolute Gasteiger partial charge is 0.240 e. The molecule has 2 aliphatic heterocycles. The van der Waals surface area contributed by atoms with Gasteiger partial charge in [0.05, 0.1) is 12.2 Å². The predicted octanol–water partition coefficient (Wildman–Crippen LogP) is 0.179. The number of nitrogens with one attached hydrogen (secondary N) is 1. The number of amides is 1. The van der Waals surface area contributed by atoms with Crippen LogP contribution in [-0.2, 0) is 4.79 Å². The van der Waals surface area contributed by atoms with Crippen LogP contribution in [-0.4, -0.2) is 79.1 Å². The van der Waals surface area contributed by atoms with E-state index < -0.39 is 0 Å². The first-order valence-corrected chi connectivity index (χ1v) is 7.48. The van der Waals surface area contributed by atoms with Gasteiger partial charge in [0, 0.05) is 32.2 Å². The number of nitrogens with zero attached hydrogens (tertiary/aromatic N) is 3. The van der Waals surface area contributed by atoms with Crippen molar-refractivity contribution in [1.29, 1.82) is 0 Å². The molecule has 110 valence electrons. The van der Waals surface area contributed by atoms with Crippen molar-refractivity contribution in [1.82, 2.24) is 20.0 Å². The average molecular weight is 268 g/mol. The molecular formula is C14H28N4O. The monoisotopic (exact) mass is 268 g/mol. The number of hydrogen-bond acceptors (Lipinski definition) is 4.